The molecular weight excluding hydrogens is 190 g/mol. The first-order chi connectivity index (χ1) is 7.15. The number of hydrogen-bond donors (Lipinski definition) is 1. The number of rotatable bonds is 4. The van der Waals surface area contributed by atoms with Crippen LogP contribution in [0.3, 0.4) is 0 Å². The number of ether oxygens (including phenoxy) is 2. The van der Waals surface area contributed by atoms with Crippen molar-refractivity contribution < 1.29 is 9.47 Å². The summed E-state index contributed by atoms with van der Waals surface area (Å²) in [5, 5.41) is 7.43. The van der Waals surface area contributed by atoms with Crippen LogP contribution in [-0.2, 0) is 4.74 Å². The van der Waals surface area contributed by atoms with Crippen molar-refractivity contribution in [1.82, 2.24) is 0 Å². The van der Waals surface area contributed by atoms with E-state index in [0.717, 1.165) is 16.9 Å². The SMILES string of the molecule is CCOC(=N)COc1c(C)cccc1C. The van der Waals surface area contributed by atoms with E-state index in [1.807, 2.05) is 39.0 Å². The third kappa shape index (κ3) is 3.27. The van der Waals surface area contributed by atoms with Crippen LogP contribution in [0.25, 0.3) is 0 Å². The van der Waals surface area contributed by atoms with Gasteiger partial charge in [0.2, 0.25) is 5.90 Å². The van der Waals surface area contributed by atoms with Crippen molar-refractivity contribution >= 4 is 5.90 Å². The molecular formula is C12H17NO2. The average molecular weight is 207 g/mol. The molecule has 1 aromatic carbocycles. The second kappa shape index (κ2) is 5.39. The van der Waals surface area contributed by atoms with Crippen molar-refractivity contribution in [2.24, 2.45) is 0 Å². The van der Waals surface area contributed by atoms with Gasteiger partial charge in [-0.3, -0.25) is 5.41 Å². The lowest BCUT2D eigenvalue weighted by Gasteiger charge is -2.12. The van der Waals surface area contributed by atoms with Crippen LogP contribution in [-0.4, -0.2) is 19.1 Å². The molecule has 0 saturated carbocycles. The minimum atomic E-state index is 0.167. The predicted octanol–water partition coefficient (Wildman–Crippen LogP) is 2.70. The molecule has 0 aromatic heterocycles. The fourth-order valence-corrected chi connectivity index (χ4v) is 1.38. The number of aryl methyl sites for hydroxylation is 2. The summed E-state index contributed by atoms with van der Waals surface area (Å²) in [7, 11) is 0. The first-order valence-electron chi connectivity index (χ1n) is 5.04. The standard InChI is InChI=1S/C12H17NO2/c1-4-14-11(13)8-15-12-9(2)6-5-7-10(12)3/h5-7,13H,4,8H2,1-3H3. The van der Waals surface area contributed by atoms with Gasteiger partial charge in [0.1, 0.15) is 5.75 Å². The minimum Gasteiger partial charge on any atom is -0.483 e. The van der Waals surface area contributed by atoms with Gasteiger partial charge in [-0.1, -0.05) is 18.2 Å². The molecule has 0 fully saturated rings. The van der Waals surface area contributed by atoms with E-state index in [0.29, 0.717) is 6.61 Å². The molecule has 0 aliphatic carbocycles. The van der Waals surface area contributed by atoms with E-state index in [9.17, 15) is 0 Å². The van der Waals surface area contributed by atoms with Crippen LogP contribution in [0.5, 0.6) is 5.75 Å². The van der Waals surface area contributed by atoms with Crippen molar-refractivity contribution in [3.63, 3.8) is 0 Å². The Morgan fingerprint density at radius 1 is 1.27 bits per heavy atom. The van der Waals surface area contributed by atoms with Crippen LogP contribution < -0.4 is 4.74 Å². The molecule has 0 aliphatic rings. The molecule has 0 spiro atoms. The Labute approximate surface area is 90.5 Å². The van der Waals surface area contributed by atoms with E-state index < -0.39 is 0 Å². The van der Waals surface area contributed by atoms with Gasteiger partial charge in [-0.15, -0.1) is 0 Å². The topological polar surface area (TPSA) is 42.3 Å². The summed E-state index contributed by atoms with van der Waals surface area (Å²) in [6.45, 7) is 6.54. The summed E-state index contributed by atoms with van der Waals surface area (Å²) in [5.41, 5.74) is 2.17. The quantitative estimate of drug-likeness (QED) is 0.609. The van der Waals surface area contributed by atoms with Crippen LogP contribution in [0.15, 0.2) is 18.2 Å². The lowest BCUT2D eigenvalue weighted by atomic mass is 10.1. The summed E-state index contributed by atoms with van der Waals surface area (Å²) in [4.78, 5) is 0. The van der Waals surface area contributed by atoms with Gasteiger partial charge >= 0.3 is 0 Å². The first-order valence-corrected chi connectivity index (χ1v) is 5.04. The highest BCUT2D eigenvalue weighted by molar-refractivity contribution is 5.74. The van der Waals surface area contributed by atoms with Crippen LogP contribution in [0.4, 0.5) is 0 Å². The molecule has 3 nitrogen and oxygen atoms in total. The fourth-order valence-electron chi connectivity index (χ4n) is 1.38. The van der Waals surface area contributed by atoms with Gasteiger partial charge in [0.15, 0.2) is 6.61 Å². The molecule has 1 N–H and O–H groups in total. The Morgan fingerprint density at radius 2 is 1.87 bits per heavy atom. The van der Waals surface area contributed by atoms with Gasteiger partial charge < -0.3 is 9.47 Å². The Kier molecular flexibility index (Phi) is 4.16. The van der Waals surface area contributed by atoms with Crippen molar-refractivity contribution in [3.05, 3.63) is 29.3 Å². The van der Waals surface area contributed by atoms with Gasteiger partial charge in [0.05, 0.1) is 6.61 Å². The molecule has 0 atom stereocenters. The number of para-hydroxylation sites is 1. The lowest BCUT2D eigenvalue weighted by Crippen LogP contribution is -2.14. The highest BCUT2D eigenvalue weighted by atomic mass is 16.5. The average Bonchev–Trinajstić information content (AvgIpc) is 2.17. The summed E-state index contributed by atoms with van der Waals surface area (Å²) < 4.78 is 10.5. The monoisotopic (exact) mass is 207 g/mol. The molecule has 0 bridgehead atoms. The summed E-state index contributed by atoms with van der Waals surface area (Å²) in [6, 6.07) is 5.98. The van der Waals surface area contributed by atoms with Gasteiger partial charge in [-0.2, -0.15) is 0 Å². The van der Waals surface area contributed by atoms with Crippen molar-refractivity contribution in [2.75, 3.05) is 13.2 Å². The van der Waals surface area contributed by atoms with Crippen molar-refractivity contribution in [2.45, 2.75) is 20.8 Å². The normalized spacial score (nSPS) is 9.80. The fraction of sp³-hybridized carbons (Fsp3) is 0.417. The first kappa shape index (κ1) is 11.6. The summed E-state index contributed by atoms with van der Waals surface area (Å²) in [6.07, 6.45) is 0. The van der Waals surface area contributed by atoms with Crippen LogP contribution in [0.1, 0.15) is 18.1 Å². The molecule has 0 unspecified atom stereocenters. The number of benzene rings is 1. The molecule has 3 heteroatoms. The largest absolute Gasteiger partial charge is 0.483 e. The van der Waals surface area contributed by atoms with E-state index in [1.54, 1.807) is 0 Å². The van der Waals surface area contributed by atoms with Gasteiger partial charge in [0, 0.05) is 0 Å². The zero-order chi connectivity index (χ0) is 11.3. The molecule has 1 rings (SSSR count). The Bertz CT molecular complexity index is 327. The van der Waals surface area contributed by atoms with Gasteiger partial charge in [-0.25, -0.2) is 0 Å². The number of hydrogen-bond acceptors (Lipinski definition) is 3. The zero-order valence-electron chi connectivity index (χ0n) is 9.46. The zero-order valence-corrected chi connectivity index (χ0v) is 9.46. The third-order valence-electron chi connectivity index (χ3n) is 2.07. The van der Waals surface area contributed by atoms with E-state index in [-0.39, 0.29) is 12.5 Å². The lowest BCUT2D eigenvalue weighted by molar-refractivity contribution is 0.271. The maximum absolute atomic E-state index is 7.43. The molecule has 0 saturated heterocycles. The highest BCUT2D eigenvalue weighted by Gasteiger charge is 2.04. The van der Waals surface area contributed by atoms with Gasteiger partial charge in [-0.05, 0) is 31.9 Å². The maximum Gasteiger partial charge on any atom is 0.219 e. The second-order valence-corrected chi connectivity index (χ2v) is 3.37. The maximum atomic E-state index is 7.43. The molecule has 0 heterocycles. The van der Waals surface area contributed by atoms with Crippen molar-refractivity contribution in [1.29, 1.82) is 5.41 Å². The highest BCUT2D eigenvalue weighted by Crippen LogP contribution is 2.22. The Morgan fingerprint density at radius 3 is 2.40 bits per heavy atom. The van der Waals surface area contributed by atoms with E-state index >= 15 is 0 Å². The summed E-state index contributed by atoms with van der Waals surface area (Å²) >= 11 is 0. The predicted molar refractivity (Wildman–Crippen MR) is 60.8 cm³/mol. The molecule has 0 radical (unpaired) electrons. The Hall–Kier alpha value is -1.51. The van der Waals surface area contributed by atoms with E-state index in [1.165, 1.54) is 0 Å². The van der Waals surface area contributed by atoms with Crippen molar-refractivity contribution in [3.8, 4) is 5.75 Å². The minimum absolute atomic E-state index is 0.167. The number of nitrogens with one attached hydrogen (secondary N) is 1. The van der Waals surface area contributed by atoms with Crippen LogP contribution in [0, 0.1) is 19.3 Å². The third-order valence-corrected chi connectivity index (χ3v) is 2.07. The van der Waals surface area contributed by atoms with E-state index in [2.05, 4.69) is 0 Å². The molecule has 15 heavy (non-hydrogen) atoms. The summed E-state index contributed by atoms with van der Waals surface area (Å²) in [5.74, 6) is 1.02. The van der Waals surface area contributed by atoms with E-state index in [4.69, 9.17) is 14.9 Å². The second-order valence-electron chi connectivity index (χ2n) is 3.37. The molecule has 82 valence electrons. The van der Waals surface area contributed by atoms with Gasteiger partial charge in [0.25, 0.3) is 0 Å². The smallest absolute Gasteiger partial charge is 0.219 e. The van der Waals surface area contributed by atoms with Crippen LogP contribution in [0.2, 0.25) is 0 Å². The molecule has 0 aliphatic heterocycles. The van der Waals surface area contributed by atoms with Crippen LogP contribution >= 0.6 is 0 Å². The molecule has 0 amide bonds. The Balaban J connectivity index is 2.61. The molecule has 1 aromatic rings.